The molecule has 0 saturated heterocycles. The molecule has 1 aliphatic carbocycles. The number of aromatic nitrogens is 2. The number of nitrogens with two attached hydrogens (primary N) is 1. The highest BCUT2D eigenvalue weighted by Crippen LogP contribution is 2.33. The van der Waals surface area contributed by atoms with Crippen LogP contribution in [0, 0.1) is 0 Å². The van der Waals surface area contributed by atoms with Crippen molar-refractivity contribution in [2.75, 3.05) is 12.4 Å². The Hall–Kier alpha value is -3.15. The maximum absolute atomic E-state index is 12.4. The van der Waals surface area contributed by atoms with Gasteiger partial charge >= 0.3 is 0 Å². The minimum atomic E-state index is -0.146. The lowest BCUT2D eigenvalue weighted by Gasteiger charge is -2.12. The van der Waals surface area contributed by atoms with E-state index >= 15 is 0 Å². The van der Waals surface area contributed by atoms with Crippen molar-refractivity contribution in [2.45, 2.75) is 18.9 Å². The van der Waals surface area contributed by atoms with Crippen molar-refractivity contribution in [1.82, 2.24) is 9.97 Å². The minimum absolute atomic E-state index is 0.146. The van der Waals surface area contributed by atoms with Crippen molar-refractivity contribution in [2.24, 2.45) is 10.7 Å². The number of hydrogen-bond donors (Lipinski definition) is 3. The third-order valence-electron chi connectivity index (χ3n) is 4.41. The SMILES string of the molecule is CN=C/C(=C\N)c1ccc2c(NC3CC3)nc3cc[nH]c(=O)c3c2c1. The summed E-state index contributed by atoms with van der Waals surface area (Å²) in [5, 5.41) is 5.85. The molecule has 126 valence electrons. The van der Waals surface area contributed by atoms with Crippen molar-refractivity contribution in [1.29, 1.82) is 0 Å². The molecule has 1 saturated carbocycles. The summed E-state index contributed by atoms with van der Waals surface area (Å²) < 4.78 is 0. The Labute approximate surface area is 144 Å². The van der Waals surface area contributed by atoms with Gasteiger partial charge in [-0.3, -0.25) is 9.79 Å². The number of fused-ring (bicyclic) bond motifs is 3. The van der Waals surface area contributed by atoms with E-state index in [1.54, 1.807) is 19.5 Å². The molecule has 0 atom stereocenters. The minimum Gasteiger partial charge on any atom is -0.404 e. The normalized spacial score (nSPS) is 15.3. The Kier molecular flexibility index (Phi) is 3.72. The summed E-state index contributed by atoms with van der Waals surface area (Å²) in [5.74, 6) is 0.824. The second-order valence-electron chi connectivity index (χ2n) is 6.22. The molecule has 1 aromatic carbocycles. The number of anilines is 1. The predicted molar refractivity (Wildman–Crippen MR) is 103 cm³/mol. The fourth-order valence-corrected chi connectivity index (χ4v) is 3.02. The van der Waals surface area contributed by atoms with Crippen molar-refractivity contribution in [3.05, 3.63) is 52.6 Å². The van der Waals surface area contributed by atoms with E-state index < -0.39 is 0 Å². The number of hydrogen-bond acceptors (Lipinski definition) is 5. The molecular formula is C19H19N5O. The molecule has 1 aliphatic rings. The van der Waals surface area contributed by atoms with Gasteiger partial charge in [-0.15, -0.1) is 0 Å². The molecule has 2 aromatic heterocycles. The van der Waals surface area contributed by atoms with Crippen LogP contribution in [0.4, 0.5) is 5.82 Å². The first-order valence-corrected chi connectivity index (χ1v) is 8.27. The van der Waals surface area contributed by atoms with E-state index in [0.29, 0.717) is 16.9 Å². The maximum Gasteiger partial charge on any atom is 0.258 e. The van der Waals surface area contributed by atoms with Gasteiger partial charge in [0.05, 0.1) is 10.9 Å². The van der Waals surface area contributed by atoms with Gasteiger partial charge in [0.25, 0.3) is 5.56 Å². The largest absolute Gasteiger partial charge is 0.404 e. The van der Waals surface area contributed by atoms with Crippen LogP contribution in [0.5, 0.6) is 0 Å². The van der Waals surface area contributed by atoms with Crippen molar-refractivity contribution in [3.63, 3.8) is 0 Å². The number of aliphatic imine (C=N–C) groups is 1. The molecule has 0 spiro atoms. The Morgan fingerprint density at radius 1 is 1.36 bits per heavy atom. The molecule has 6 nitrogen and oxygen atoms in total. The molecule has 0 amide bonds. The average Bonchev–Trinajstić information content (AvgIpc) is 3.43. The molecule has 6 heteroatoms. The van der Waals surface area contributed by atoms with Crippen LogP contribution in [0.15, 0.2) is 46.4 Å². The van der Waals surface area contributed by atoms with Crippen LogP contribution in [0.25, 0.3) is 27.2 Å². The van der Waals surface area contributed by atoms with Gasteiger partial charge < -0.3 is 16.0 Å². The summed E-state index contributed by atoms with van der Waals surface area (Å²) in [4.78, 5) is 23.9. The zero-order valence-electron chi connectivity index (χ0n) is 13.9. The summed E-state index contributed by atoms with van der Waals surface area (Å²) in [5.41, 5.74) is 7.98. The van der Waals surface area contributed by atoms with Gasteiger partial charge in [0.15, 0.2) is 0 Å². The molecule has 0 unspecified atom stereocenters. The van der Waals surface area contributed by atoms with E-state index in [4.69, 9.17) is 5.73 Å². The van der Waals surface area contributed by atoms with Gasteiger partial charge in [-0.1, -0.05) is 12.1 Å². The Bertz CT molecular complexity index is 1080. The first kappa shape index (κ1) is 15.4. The van der Waals surface area contributed by atoms with Gasteiger partial charge in [-0.25, -0.2) is 4.98 Å². The van der Waals surface area contributed by atoms with E-state index in [0.717, 1.165) is 40.6 Å². The van der Waals surface area contributed by atoms with Gasteiger partial charge in [0.2, 0.25) is 0 Å². The number of pyridine rings is 2. The average molecular weight is 333 g/mol. The lowest BCUT2D eigenvalue weighted by atomic mass is 10.0. The van der Waals surface area contributed by atoms with E-state index in [9.17, 15) is 4.79 Å². The maximum atomic E-state index is 12.4. The lowest BCUT2D eigenvalue weighted by Crippen LogP contribution is -2.09. The molecule has 4 N–H and O–H groups in total. The zero-order chi connectivity index (χ0) is 17.4. The molecule has 0 radical (unpaired) electrons. The molecule has 0 bridgehead atoms. The summed E-state index contributed by atoms with van der Waals surface area (Å²) in [6.45, 7) is 0. The van der Waals surface area contributed by atoms with Crippen LogP contribution in [-0.4, -0.2) is 29.3 Å². The van der Waals surface area contributed by atoms with E-state index in [1.165, 1.54) is 6.20 Å². The number of nitrogens with one attached hydrogen (secondary N) is 2. The molecular weight excluding hydrogens is 314 g/mol. The standard InChI is InChI=1S/C19H19N5O/c1-21-10-12(9-20)11-2-5-14-15(8-11)17-16(6-7-22-19(17)25)24-18(14)23-13-3-4-13/h2,5-10,13H,3-4,20H2,1H3,(H,22,25)(H,23,24)/b12-9+,21-10?. The number of nitrogens with zero attached hydrogens (tertiary/aromatic N) is 2. The summed E-state index contributed by atoms with van der Waals surface area (Å²) in [7, 11) is 1.70. The quantitative estimate of drug-likeness (QED) is 0.505. The summed E-state index contributed by atoms with van der Waals surface area (Å²) in [6.07, 6.45) is 7.16. The van der Waals surface area contributed by atoms with Crippen LogP contribution < -0.4 is 16.6 Å². The van der Waals surface area contributed by atoms with Crippen LogP contribution >= 0.6 is 0 Å². The number of rotatable bonds is 4. The summed E-state index contributed by atoms with van der Waals surface area (Å²) >= 11 is 0. The molecule has 4 rings (SSSR count). The highest BCUT2D eigenvalue weighted by molar-refractivity contribution is 6.14. The van der Waals surface area contributed by atoms with Gasteiger partial charge in [0, 0.05) is 48.0 Å². The first-order chi connectivity index (χ1) is 12.2. The van der Waals surface area contributed by atoms with Gasteiger partial charge in [-0.2, -0.15) is 0 Å². The van der Waals surface area contributed by atoms with Crippen LogP contribution in [0.2, 0.25) is 0 Å². The van der Waals surface area contributed by atoms with E-state index in [2.05, 4.69) is 20.3 Å². The van der Waals surface area contributed by atoms with Gasteiger partial charge in [0.1, 0.15) is 5.82 Å². The predicted octanol–water partition coefficient (Wildman–Crippen LogP) is 2.65. The first-order valence-electron chi connectivity index (χ1n) is 8.27. The molecule has 2 heterocycles. The molecule has 3 aromatic rings. The molecule has 0 aliphatic heterocycles. The third-order valence-corrected chi connectivity index (χ3v) is 4.41. The van der Waals surface area contributed by atoms with Crippen LogP contribution in [0.1, 0.15) is 18.4 Å². The highest BCUT2D eigenvalue weighted by atomic mass is 16.1. The second kappa shape index (κ2) is 6.05. The van der Waals surface area contributed by atoms with Crippen LogP contribution in [-0.2, 0) is 0 Å². The smallest absolute Gasteiger partial charge is 0.258 e. The molecule has 1 fully saturated rings. The Morgan fingerprint density at radius 2 is 2.20 bits per heavy atom. The van der Waals surface area contributed by atoms with Crippen molar-refractivity contribution in [3.8, 4) is 0 Å². The number of aromatic amines is 1. The molecule has 25 heavy (non-hydrogen) atoms. The van der Waals surface area contributed by atoms with Crippen molar-refractivity contribution >= 4 is 39.3 Å². The van der Waals surface area contributed by atoms with Gasteiger partial charge in [-0.05, 0) is 30.5 Å². The monoisotopic (exact) mass is 333 g/mol. The van der Waals surface area contributed by atoms with E-state index in [-0.39, 0.29) is 5.56 Å². The third kappa shape index (κ3) is 2.76. The fourth-order valence-electron chi connectivity index (χ4n) is 3.02. The number of allylic oxidation sites excluding steroid dienone is 1. The Balaban J connectivity index is 2.04. The number of benzene rings is 1. The zero-order valence-corrected chi connectivity index (χ0v) is 13.9. The van der Waals surface area contributed by atoms with E-state index in [1.807, 2.05) is 24.3 Å². The topological polar surface area (TPSA) is 96.2 Å². The van der Waals surface area contributed by atoms with Crippen LogP contribution in [0.3, 0.4) is 0 Å². The summed E-state index contributed by atoms with van der Waals surface area (Å²) in [6, 6.07) is 8.25. The fraction of sp³-hybridized carbons (Fsp3) is 0.211. The lowest BCUT2D eigenvalue weighted by molar-refractivity contribution is 1.13. The second-order valence-corrected chi connectivity index (χ2v) is 6.22. The van der Waals surface area contributed by atoms with Crippen molar-refractivity contribution < 1.29 is 0 Å². The number of H-pyrrole nitrogens is 1. The highest BCUT2D eigenvalue weighted by Gasteiger charge is 2.23. The Morgan fingerprint density at radius 3 is 2.92 bits per heavy atom.